The first-order valence-corrected chi connectivity index (χ1v) is 7.79. The third kappa shape index (κ3) is 2.96. The van der Waals surface area contributed by atoms with Gasteiger partial charge in [0.15, 0.2) is 0 Å². The molecule has 0 amide bonds. The van der Waals surface area contributed by atoms with Crippen LogP contribution in [0.4, 0.5) is 8.78 Å². The topological polar surface area (TPSA) is 103 Å². The normalized spacial score (nSPS) is 13.2. The number of benzene rings is 1. The zero-order valence-electron chi connectivity index (χ0n) is 10.1. The third-order valence-corrected chi connectivity index (χ3v) is 4.31. The largest absolute Gasteiger partial charge is 0.411 e. The first-order chi connectivity index (χ1) is 9.66. The molecule has 1 aromatic heterocycles. The van der Waals surface area contributed by atoms with Crippen molar-refractivity contribution < 1.29 is 28.3 Å². The molecule has 0 aliphatic heterocycles. The van der Waals surface area contributed by atoms with E-state index in [1.165, 1.54) is 12.1 Å². The minimum absolute atomic E-state index is 0.0822. The van der Waals surface area contributed by atoms with Gasteiger partial charge in [-0.05, 0) is 18.2 Å². The molecular formula is C11H8BrF2N2O4P. The van der Waals surface area contributed by atoms with Gasteiger partial charge in [0.2, 0.25) is 0 Å². The van der Waals surface area contributed by atoms with Crippen LogP contribution in [0.3, 0.4) is 0 Å². The highest BCUT2D eigenvalue weighted by Crippen LogP contribution is 2.60. The molecule has 2 rings (SSSR count). The molecule has 1 heterocycles. The van der Waals surface area contributed by atoms with Crippen molar-refractivity contribution in [1.82, 2.24) is 4.98 Å². The van der Waals surface area contributed by atoms with Gasteiger partial charge in [-0.2, -0.15) is 8.78 Å². The summed E-state index contributed by atoms with van der Waals surface area (Å²) in [6, 6.07) is 5.20. The Bertz CT molecular complexity index is 778. The van der Waals surface area contributed by atoms with Crippen LogP contribution < -0.4 is 0 Å². The average Bonchev–Trinajstić information content (AvgIpc) is 2.37. The van der Waals surface area contributed by atoms with Crippen molar-refractivity contribution in [3.8, 4) is 0 Å². The average molecular weight is 381 g/mol. The zero-order valence-corrected chi connectivity index (χ0v) is 12.6. The predicted molar refractivity (Wildman–Crippen MR) is 74.8 cm³/mol. The first-order valence-electron chi connectivity index (χ1n) is 5.38. The molecule has 0 fully saturated rings. The lowest BCUT2D eigenvalue weighted by Crippen LogP contribution is -2.14. The minimum atomic E-state index is -5.68. The van der Waals surface area contributed by atoms with Crippen LogP contribution >= 0.6 is 23.5 Å². The van der Waals surface area contributed by atoms with Gasteiger partial charge in [0, 0.05) is 15.4 Å². The number of pyridine rings is 1. The lowest BCUT2D eigenvalue weighted by molar-refractivity contribution is 0.0558. The summed E-state index contributed by atoms with van der Waals surface area (Å²) in [7, 11) is -5.68. The highest BCUT2D eigenvalue weighted by Gasteiger charge is 2.51. The first kappa shape index (κ1) is 16.0. The van der Waals surface area contributed by atoms with E-state index in [0.29, 0.717) is 5.39 Å². The number of hydrogen-bond acceptors (Lipinski definition) is 4. The van der Waals surface area contributed by atoms with Crippen LogP contribution in [-0.2, 0) is 10.2 Å². The molecule has 0 spiro atoms. The summed E-state index contributed by atoms with van der Waals surface area (Å²) in [6.07, 6.45) is 1.00. The molecule has 0 saturated carbocycles. The van der Waals surface area contributed by atoms with Crippen molar-refractivity contribution in [2.75, 3.05) is 0 Å². The summed E-state index contributed by atoms with van der Waals surface area (Å²) < 4.78 is 38.4. The van der Waals surface area contributed by atoms with Crippen molar-refractivity contribution in [1.29, 1.82) is 0 Å². The fraction of sp³-hybridized carbons (Fsp3) is 0.0909. The highest BCUT2D eigenvalue weighted by molar-refractivity contribution is 9.10. The number of fused-ring (bicyclic) bond motifs is 1. The van der Waals surface area contributed by atoms with Gasteiger partial charge in [0.25, 0.3) is 0 Å². The number of nitrogens with zero attached hydrogens (tertiary/aromatic N) is 2. The fourth-order valence-corrected chi connectivity index (χ4v) is 2.94. The lowest BCUT2D eigenvalue weighted by Gasteiger charge is -2.19. The molecule has 3 N–H and O–H groups in total. The van der Waals surface area contributed by atoms with Crippen LogP contribution in [0.5, 0.6) is 0 Å². The van der Waals surface area contributed by atoms with Crippen molar-refractivity contribution in [3.63, 3.8) is 0 Å². The van der Waals surface area contributed by atoms with E-state index in [9.17, 15) is 13.3 Å². The Morgan fingerprint density at radius 2 is 2.00 bits per heavy atom. The number of rotatable bonds is 3. The molecule has 0 saturated heterocycles. The van der Waals surface area contributed by atoms with Crippen LogP contribution in [0, 0.1) is 0 Å². The molecule has 0 atom stereocenters. The Morgan fingerprint density at radius 3 is 2.57 bits per heavy atom. The molecule has 0 radical (unpaired) electrons. The Labute approximate surface area is 125 Å². The minimum Gasteiger partial charge on any atom is -0.411 e. The van der Waals surface area contributed by atoms with E-state index in [4.69, 9.17) is 15.0 Å². The van der Waals surface area contributed by atoms with Gasteiger partial charge in [0.1, 0.15) is 0 Å². The van der Waals surface area contributed by atoms with Gasteiger partial charge >= 0.3 is 13.3 Å². The molecule has 0 aliphatic rings. The van der Waals surface area contributed by atoms with Crippen LogP contribution in [0.25, 0.3) is 10.9 Å². The van der Waals surface area contributed by atoms with E-state index >= 15 is 0 Å². The summed E-state index contributed by atoms with van der Waals surface area (Å²) in [5.74, 6) is 0. The molecule has 6 nitrogen and oxygen atoms in total. The number of hydrogen-bond donors (Lipinski definition) is 3. The van der Waals surface area contributed by atoms with Crippen molar-refractivity contribution in [2.45, 2.75) is 5.66 Å². The maximum absolute atomic E-state index is 13.8. The SMILES string of the molecule is O=P(O)(O)C(F)(F)c1cc2nc(C=NO)ccc2cc1Br. The standard InChI is InChI=1S/C11H8BrF2N2O4P/c12-9-3-6-1-2-7(5-15-17)16-10(6)4-8(9)11(13,14)21(18,19)20/h1-5,17H,(H2,18,19,20). The summed E-state index contributed by atoms with van der Waals surface area (Å²) >= 11 is 2.88. The Kier molecular flexibility index (Phi) is 4.12. The molecule has 0 bridgehead atoms. The second-order valence-electron chi connectivity index (χ2n) is 4.09. The molecule has 2 aromatic rings. The van der Waals surface area contributed by atoms with Crippen LogP contribution in [-0.4, -0.2) is 26.2 Å². The third-order valence-electron chi connectivity index (χ3n) is 2.68. The number of aromatic nitrogens is 1. The van der Waals surface area contributed by atoms with Crippen LogP contribution in [0.15, 0.2) is 33.9 Å². The number of halogens is 3. The van der Waals surface area contributed by atoms with E-state index < -0.39 is 18.8 Å². The molecule has 0 unspecified atom stereocenters. The van der Waals surface area contributed by atoms with Crippen molar-refractivity contribution in [3.05, 3.63) is 40.0 Å². The van der Waals surface area contributed by atoms with Gasteiger partial charge in [-0.25, -0.2) is 4.98 Å². The van der Waals surface area contributed by atoms with Gasteiger partial charge in [-0.3, -0.25) is 4.57 Å². The van der Waals surface area contributed by atoms with E-state index in [1.54, 1.807) is 6.07 Å². The zero-order chi connectivity index (χ0) is 15.8. The molecular weight excluding hydrogens is 373 g/mol. The lowest BCUT2D eigenvalue weighted by atomic mass is 10.1. The van der Waals surface area contributed by atoms with E-state index in [-0.39, 0.29) is 15.7 Å². The Hall–Kier alpha value is -1.41. The van der Waals surface area contributed by atoms with E-state index in [1.807, 2.05) is 0 Å². The van der Waals surface area contributed by atoms with Crippen LogP contribution in [0.1, 0.15) is 11.3 Å². The second-order valence-corrected chi connectivity index (χ2v) is 6.59. The monoisotopic (exact) mass is 380 g/mol. The summed E-state index contributed by atoms with van der Waals surface area (Å²) in [4.78, 5) is 21.5. The van der Waals surface area contributed by atoms with Crippen molar-refractivity contribution in [2.24, 2.45) is 5.16 Å². The van der Waals surface area contributed by atoms with Crippen LogP contribution in [0.2, 0.25) is 0 Å². The molecule has 0 aliphatic carbocycles. The van der Waals surface area contributed by atoms with Gasteiger partial charge in [-0.1, -0.05) is 27.2 Å². The Morgan fingerprint density at radius 1 is 1.33 bits per heavy atom. The van der Waals surface area contributed by atoms with E-state index in [2.05, 4.69) is 26.1 Å². The second kappa shape index (κ2) is 5.42. The summed E-state index contributed by atoms with van der Waals surface area (Å²) in [6.45, 7) is 0. The quantitative estimate of drug-likeness (QED) is 0.328. The van der Waals surface area contributed by atoms with Gasteiger partial charge in [0.05, 0.1) is 17.4 Å². The van der Waals surface area contributed by atoms with E-state index in [0.717, 1.165) is 12.3 Å². The smallest absolute Gasteiger partial charge is 0.399 e. The molecule has 21 heavy (non-hydrogen) atoms. The maximum Gasteiger partial charge on any atom is 0.399 e. The van der Waals surface area contributed by atoms with Crippen molar-refractivity contribution >= 4 is 40.6 Å². The number of oxime groups is 1. The maximum atomic E-state index is 13.8. The molecule has 10 heteroatoms. The number of alkyl halides is 2. The molecule has 112 valence electrons. The predicted octanol–water partition coefficient (Wildman–Crippen LogP) is 3.03. The van der Waals surface area contributed by atoms with Gasteiger partial charge < -0.3 is 15.0 Å². The summed E-state index contributed by atoms with van der Waals surface area (Å²) in [5.41, 5.74) is -4.92. The highest BCUT2D eigenvalue weighted by atomic mass is 79.9. The molecule has 1 aromatic carbocycles. The Balaban J connectivity index is 2.71. The summed E-state index contributed by atoms with van der Waals surface area (Å²) in [5, 5.41) is 11.7. The fourth-order valence-electron chi connectivity index (χ4n) is 1.68. The van der Waals surface area contributed by atoms with Gasteiger partial charge in [-0.15, -0.1) is 0 Å².